The number of aliphatic hydroxyl groups is 1. The number of fused-ring (bicyclic) bond motifs is 1. The highest BCUT2D eigenvalue weighted by molar-refractivity contribution is 5.84. The Kier molecular flexibility index (Phi) is 6.58. The number of hydrogen-bond donors (Lipinski definition) is 3. The summed E-state index contributed by atoms with van der Waals surface area (Å²) in [7, 11) is 0. The summed E-state index contributed by atoms with van der Waals surface area (Å²) in [6.45, 7) is 2.53. The molecule has 0 saturated heterocycles. The lowest BCUT2D eigenvalue weighted by atomic mass is 10.2. The van der Waals surface area contributed by atoms with E-state index in [9.17, 15) is 4.39 Å². The number of anilines is 2. The molecule has 0 radical (unpaired) electrons. The van der Waals surface area contributed by atoms with Gasteiger partial charge in [-0.3, -0.25) is 0 Å². The first-order chi connectivity index (χ1) is 9.58. The second-order valence-corrected chi connectivity index (χ2v) is 4.27. The number of hydrogen-bond acceptors (Lipinski definition) is 6. The van der Waals surface area contributed by atoms with Gasteiger partial charge in [0, 0.05) is 12.7 Å². The molecule has 20 heavy (non-hydrogen) atoms. The van der Waals surface area contributed by atoms with Crippen LogP contribution in [0.3, 0.4) is 0 Å². The van der Waals surface area contributed by atoms with Gasteiger partial charge in [-0.05, 0) is 6.42 Å². The third-order valence-electron chi connectivity index (χ3n) is 2.56. The van der Waals surface area contributed by atoms with E-state index in [2.05, 4.69) is 21.9 Å². The van der Waals surface area contributed by atoms with E-state index in [1.807, 2.05) is 0 Å². The molecule has 0 saturated carbocycles. The molecule has 2 heterocycles. The molecule has 0 bridgehead atoms. The summed E-state index contributed by atoms with van der Waals surface area (Å²) in [5, 5.41) is 8.29. The van der Waals surface area contributed by atoms with Crippen LogP contribution in [0.5, 0.6) is 0 Å². The number of nitrogens with zero attached hydrogens (tertiary/aromatic N) is 3. The second-order valence-electron chi connectivity index (χ2n) is 4.27. The van der Waals surface area contributed by atoms with Gasteiger partial charge in [0.2, 0.25) is 5.95 Å². The van der Waals surface area contributed by atoms with Crippen molar-refractivity contribution in [2.24, 2.45) is 0 Å². The van der Waals surface area contributed by atoms with Crippen LogP contribution in [0.2, 0.25) is 0 Å². The maximum absolute atomic E-state index is 12.7. The molecule has 0 aliphatic carbocycles. The van der Waals surface area contributed by atoms with E-state index in [4.69, 9.17) is 16.6 Å². The van der Waals surface area contributed by atoms with Gasteiger partial charge >= 0.3 is 0 Å². The van der Waals surface area contributed by atoms with Gasteiger partial charge < -0.3 is 16.6 Å². The lowest BCUT2D eigenvalue weighted by Gasteiger charge is -2.00. The highest BCUT2D eigenvalue weighted by Crippen LogP contribution is 2.16. The molecule has 0 aliphatic heterocycles. The van der Waals surface area contributed by atoms with E-state index < -0.39 is 5.82 Å². The molecule has 2 aromatic rings. The Morgan fingerprint density at radius 1 is 1.20 bits per heavy atom. The third-order valence-corrected chi connectivity index (χ3v) is 2.56. The highest BCUT2D eigenvalue weighted by atomic mass is 19.1. The topological polar surface area (TPSA) is 111 Å². The highest BCUT2D eigenvalue weighted by Gasteiger charge is 2.04. The Morgan fingerprint density at radius 2 is 1.95 bits per heavy atom. The molecule has 0 spiro atoms. The van der Waals surface area contributed by atoms with Crippen molar-refractivity contribution in [3.8, 4) is 0 Å². The van der Waals surface area contributed by atoms with E-state index in [-0.39, 0.29) is 11.8 Å². The first kappa shape index (κ1) is 16.0. The number of pyridine rings is 1. The van der Waals surface area contributed by atoms with Gasteiger partial charge in [-0.25, -0.2) is 14.4 Å². The Labute approximate surface area is 117 Å². The Morgan fingerprint density at radius 3 is 2.60 bits per heavy atom. The van der Waals surface area contributed by atoms with Gasteiger partial charge in [-0.15, -0.1) is 0 Å². The van der Waals surface area contributed by atoms with Gasteiger partial charge in [0.05, 0.1) is 11.7 Å². The quantitative estimate of drug-likeness (QED) is 0.738. The number of halogens is 1. The predicted molar refractivity (Wildman–Crippen MR) is 77.3 cm³/mol. The molecule has 7 heteroatoms. The largest absolute Gasteiger partial charge is 0.396 e. The van der Waals surface area contributed by atoms with Crippen molar-refractivity contribution >= 4 is 22.8 Å². The zero-order valence-electron chi connectivity index (χ0n) is 11.5. The van der Waals surface area contributed by atoms with Crippen LogP contribution < -0.4 is 11.5 Å². The van der Waals surface area contributed by atoms with E-state index in [1.165, 1.54) is 25.3 Å². The van der Waals surface area contributed by atoms with Crippen molar-refractivity contribution in [2.75, 3.05) is 18.1 Å². The van der Waals surface area contributed by atoms with E-state index in [0.717, 1.165) is 12.6 Å². The van der Waals surface area contributed by atoms with Gasteiger partial charge in [0.25, 0.3) is 0 Å². The lowest BCUT2D eigenvalue weighted by Crippen LogP contribution is -2.01. The molecule has 110 valence electrons. The molecular weight excluding hydrogens is 261 g/mol. The normalized spacial score (nSPS) is 10.2. The molecule has 0 amide bonds. The smallest absolute Gasteiger partial charge is 0.222 e. The zero-order chi connectivity index (χ0) is 15.0. The maximum Gasteiger partial charge on any atom is 0.222 e. The lowest BCUT2D eigenvalue weighted by molar-refractivity contribution is 0.283. The summed E-state index contributed by atoms with van der Waals surface area (Å²) < 4.78 is 12.7. The third kappa shape index (κ3) is 4.93. The van der Waals surface area contributed by atoms with Crippen molar-refractivity contribution in [3.63, 3.8) is 0 Å². The van der Waals surface area contributed by atoms with Crippen LogP contribution in [0.1, 0.15) is 32.6 Å². The van der Waals surface area contributed by atoms with Crippen LogP contribution in [-0.4, -0.2) is 26.7 Å². The molecule has 0 fully saturated rings. The number of aliphatic hydroxyl groups excluding tert-OH is 1. The van der Waals surface area contributed by atoms with Crippen LogP contribution in [0, 0.1) is 5.82 Å². The maximum atomic E-state index is 12.7. The van der Waals surface area contributed by atoms with Gasteiger partial charge in [-0.2, -0.15) is 4.98 Å². The van der Waals surface area contributed by atoms with Crippen molar-refractivity contribution in [1.29, 1.82) is 0 Å². The first-order valence-corrected chi connectivity index (χ1v) is 6.53. The molecule has 2 rings (SSSR count). The van der Waals surface area contributed by atoms with Gasteiger partial charge in [-0.1, -0.05) is 26.2 Å². The average Bonchev–Trinajstić information content (AvgIpc) is 2.39. The average molecular weight is 281 g/mol. The zero-order valence-corrected chi connectivity index (χ0v) is 11.5. The van der Waals surface area contributed by atoms with Crippen LogP contribution in [0.4, 0.5) is 16.2 Å². The molecule has 0 aromatic carbocycles. The van der Waals surface area contributed by atoms with Gasteiger partial charge in [0.15, 0.2) is 5.82 Å². The van der Waals surface area contributed by atoms with Crippen LogP contribution in [-0.2, 0) is 0 Å². The van der Waals surface area contributed by atoms with Crippen LogP contribution >= 0.6 is 0 Å². The Bertz CT molecular complexity index is 540. The predicted octanol–water partition coefficient (Wildman–Crippen LogP) is 1.89. The first-order valence-electron chi connectivity index (χ1n) is 6.53. The Balaban J connectivity index is 0.000000246. The minimum absolute atomic E-state index is 0.0115. The van der Waals surface area contributed by atoms with Crippen molar-refractivity contribution in [2.45, 2.75) is 32.6 Å². The SMILES string of the molecule is CCCCCCO.Nc1nc(N)c2ncc(F)cc2n1. The van der Waals surface area contributed by atoms with Crippen LogP contribution in [0.25, 0.3) is 11.0 Å². The van der Waals surface area contributed by atoms with Crippen molar-refractivity contribution in [3.05, 3.63) is 18.1 Å². The molecule has 0 unspecified atom stereocenters. The number of unbranched alkanes of at least 4 members (excludes halogenated alkanes) is 3. The standard InChI is InChI=1S/C7H6FN5.C6H14O/c8-3-1-4-5(11-2-3)6(9)13-7(10)12-4;1-2-3-4-5-6-7/h1-2H,(H4,9,10,12,13);7H,2-6H2,1H3. The molecule has 0 aliphatic rings. The Hall–Kier alpha value is -2.02. The summed E-state index contributed by atoms with van der Waals surface area (Å²) in [5.41, 5.74) is 11.5. The molecule has 6 nitrogen and oxygen atoms in total. The number of nitrogens with two attached hydrogens (primary N) is 2. The van der Waals surface area contributed by atoms with Crippen molar-refractivity contribution < 1.29 is 9.50 Å². The molecular formula is C13H20FN5O. The van der Waals surface area contributed by atoms with Crippen molar-refractivity contribution in [1.82, 2.24) is 15.0 Å². The second kappa shape index (κ2) is 8.21. The molecule has 5 N–H and O–H groups in total. The minimum Gasteiger partial charge on any atom is -0.396 e. The minimum atomic E-state index is -0.481. The van der Waals surface area contributed by atoms with Crippen LogP contribution in [0.15, 0.2) is 12.3 Å². The summed E-state index contributed by atoms with van der Waals surface area (Å²) >= 11 is 0. The fraction of sp³-hybridized carbons (Fsp3) is 0.462. The van der Waals surface area contributed by atoms with E-state index in [0.29, 0.717) is 17.6 Å². The monoisotopic (exact) mass is 281 g/mol. The molecule has 2 aromatic heterocycles. The fourth-order valence-electron chi connectivity index (χ4n) is 1.57. The number of nitrogen functional groups attached to an aromatic ring is 2. The summed E-state index contributed by atoms with van der Waals surface area (Å²) in [6, 6.07) is 1.21. The number of rotatable bonds is 4. The van der Waals surface area contributed by atoms with Gasteiger partial charge in [0.1, 0.15) is 11.3 Å². The fourth-order valence-corrected chi connectivity index (χ4v) is 1.57. The summed E-state index contributed by atoms with van der Waals surface area (Å²) in [5.74, 6) is -0.315. The van der Waals surface area contributed by atoms with E-state index in [1.54, 1.807) is 0 Å². The van der Waals surface area contributed by atoms with E-state index >= 15 is 0 Å². The summed E-state index contributed by atoms with van der Waals surface area (Å²) in [6.07, 6.45) is 5.74. The number of aromatic nitrogens is 3. The molecule has 0 atom stereocenters. The summed E-state index contributed by atoms with van der Waals surface area (Å²) in [4.78, 5) is 11.2.